The minimum atomic E-state index is -0.358. The highest BCUT2D eigenvalue weighted by Crippen LogP contribution is 2.09. The Bertz CT molecular complexity index is 347. The molecule has 0 amide bonds. The maximum absolute atomic E-state index is 11.0. The van der Waals surface area contributed by atoms with Crippen molar-refractivity contribution in [3.8, 4) is 0 Å². The number of nitrogens with zero attached hydrogens (tertiary/aromatic N) is 1. The van der Waals surface area contributed by atoms with Crippen molar-refractivity contribution in [1.82, 2.24) is 4.98 Å². The summed E-state index contributed by atoms with van der Waals surface area (Å²) < 4.78 is 4.55. The fourth-order valence-corrected chi connectivity index (χ4v) is 1.05. The maximum Gasteiger partial charge on any atom is 0.332 e. The molecule has 0 radical (unpaired) electrons. The predicted octanol–water partition coefficient (Wildman–Crippen LogP) is 1.96. The largest absolute Gasteiger partial charge is 0.466 e. The first-order valence-electron chi connectivity index (χ1n) is 4.71. The number of nitrogens with one attached hydrogen (secondary N) is 1. The minimum Gasteiger partial charge on any atom is -0.466 e. The number of anilines is 1. The molecule has 1 heterocycles. The van der Waals surface area contributed by atoms with E-state index in [-0.39, 0.29) is 5.97 Å². The zero-order chi connectivity index (χ0) is 11.1. The van der Waals surface area contributed by atoms with E-state index in [0.717, 1.165) is 17.8 Å². The number of carbonyl (C=O) groups excluding carboxylic acids is 1. The van der Waals surface area contributed by atoms with E-state index in [0.29, 0.717) is 0 Å². The third-order valence-corrected chi connectivity index (χ3v) is 1.84. The summed E-state index contributed by atoms with van der Waals surface area (Å²) >= 11 is 0. The van der Waals surface area contributed by atoms with Gasteiger partial charge in [0, 0.05) is 18.0 Å². The van der Waals surface area contributed by atoms with Gasteiger partial charge in [-0.1, -0.05) is 6.92 Å². The molecular formula is C11H14N2O2. The topological polar surface area (TPSA) is 51.2 Å². The monoisotopic (exact) mass is 206 g/mol. The van der Waals surface area contributed by atoms with Gasteiger partial charge in [-0.05, 0) is 18.6 Å². The van der Waals surface area contributed by atoms with Gasteiger partial charge in [-0.2, -0.15) is 0 Å². The standard InChI is InChI=1S/C11H14N2O2/c1-3-9(7-11(14)15-2)13-10-5-4-6-12-8-10/h4-8,13H,3H2,1-2H3/b9-7-. The molecule has 0 aliphatic rings. The molecular weight excluding hydrogens is 192 g/mol. The van der Waals surface area contributed by atoms with Crippen molar-refractivity contribution in [2.75, 3.05) is 12.4 Å². The molecule has 0 unspecified atom stereocenters. The average Bonchev–Trinajstić information content (AvgIpc) is 2.29. The van der Waals surface area contributed by atoms with Crippen LogP contribution in [0, 0.1) is 0 Å². The number of esters is 1. The van der Waals surface area contributed by atoms with E-state index < -0.39 is 0 Å². The van der Waals surface area contributed by atoms with Gasteiger partial charge < -0.3 is 10.1 Å². The first kappa shape index (κ1) is 11.2. The van der Waals surface area contributed by atoms with Crippen molar-refractivity contribution in [3.05, 3.63) is 36.3 Å². The molecule has 4 nitrogen and oxygen atoms in total. The van der Waals surface area contributed by atoms with E-state index in [9.17, 15) is 4.79 Å². The van der Waals surface area contributed by atoms with Crippen LogP contribution in [-0.4, -0.2) is 18.1 Å². The van der Waals surface area contributed by atoms with Gasteiger partial charge in [0.1, 0.15) is 0 Å². The van der Waals surface area contributed by atoms with Crippen LogP contribution in [0.4, 0.5) is 5.69 Å². The summed E-state index contributed by atoms with van der Waals surface area (Å²) in [7, 11) is 1.36. The number of pyridine rings is 1. The number of hydrogen-bond acceptors (Lipinski definition) is 4. The fraction of sp³-hybridized carbons (Fsp3) is 0.273. The summed E-state index contributed by atoms with van der Waals surface area (Å²) in [6.45, 7) is 1.96. The SMILES string of the molecule is CC/C(=C/C(=O)OC)Nc1cccnc1. The second kappa shape index (κ2) is 5.80. The number of allylic oxidation sites excluding steroid dienone is 1. The van der Waals surface area contributed by atoms with Crippen molar-refractivity contribution < 1.29 is 9.53 Å². The van der Waals surface area contributed by atoms with Gasteiger partial charge in [0.15, 0.2) is 0 Å². The summed E-state index contributed by atoms with van der Waals surface area (Å²) in [6.07, 6.45) is 5.55. The number of hydrogen-bond donors (Lipinski definition) is 1. The van der Waals surface area contributed by atoms with Crippen LogP contribution < -0.4 is 5.32 Å². The van der Waals surface area contributed by atoms with Crippen molar-refractivity contribution in [2.45, 2.75) is 13.3 Å². The zero-order valence-corrected chi connectivity index (χ0v) is 8.86. The quantitative estimate of drug-likeness (QED) is 0.604. The molecule has 0 fully saturated rings. The lowest BCUT2D eigenvalue weighted by molar-refractivity contribution is -0.134. The summed E-state index contributed by atoms with van der Waals surface area (Å²) in [5.74, 6) is -0.358. The Kier molecular flexibility index (Phi) is 4.34. The van der Waals surface area contributed by atoms with Gasteiger partial charge in [-0.3, -0.25) is 4.98 Å². The molecule has 0 bridgehead atoms. The smallest absolute Gasteiger partial charge is 0.332 e. The molecule has 1 aromatic rings. The number of aromatic nitrogens is 1. The minimum absolute atomic E-state index is 0.358. The Labute approximate surface area is 89.0 Å². The Morgan fingerprint density at radius 2 is 2.47 bits per heavy atom. The molecule has 0 spiro atoms. The van der Waals surface area contributed by atoms with E-state index in [4.69, 9.17) is 0 Å². The normalized spacial score (nSPS) is 10.9. The fourth-order valence-electron chi connectivity index (χ4n) is 1.05. The molecule has 1 aromatic heterocycles. The Balaban J connectivity index is 2.70. The molecule has 1 N–H and O–H groups in total. The van der Waals surface area contributed by atoms with Gasteiger partial charge in [-0.25, -0.2) is 4.79 Å². The zero-order valence-electron chi connectivity index (χ0n) is 8.86. The summed E-state index contributed by atoms with van der Waals surface area (Å²) in [4.78, 5) is 15.0. The van der Waals surface area contributed by atoms with Crippen LogP contribution in [0.1, 0.15) is 13.3 Å². The van der Waals surface area contributed by atoms with Gasteiger partial charge in [0.05, 0.1) is 19.0 Å². The predicted molar refractivity (Wildman–Crippen MR) is 58.2 cm³/mol. The lowest BCUT2D eigenvalue weighted by Gasteiger charge is -2.07. The van der Waals surface area contributed by atoms with E-state index in [1.807, 2.05) is 19.1 Å². The second-order valence-corrected chi connectivity index (χ2v) is 2.91. The third-order valence-electron chi connectivity index (χ3n) is 1.84. The van der Waals surface area contributed by atoms with Gasteiger partial charge in [0.25, 0.3) is 0 Å². The molecule has 0 aliphatic heterocycles. The van der Waals surface area contributed by atoms with Crippen molar-refractivity contribution >= 4 is 11.7 Å². The van der Waals surface area contributed by atoms with Gasteiger partial charge >= 0.3 is 5.97 Å². The first-order valence-corrected chi connectivity index (χ1v) is 4.71. The molecule has 1 rings (SSSR count). The molecule has 0 atom stereocenters. The van der Waals surface area contributed by atoms with Crippen molar-refractivity contribution in [1.29, 1.82) is 0 Å². The lowest BCUT2D eigenvalue weighted by Crippen LogP contribution is -2.04. The van der Waals surface area contributed by atoms with Crippen molar-refractivity contribution in [3.63, 3.8) is 0 Å². The average molecular weight is 206 g/mol. The molecule has 0 aliphatic carbocycles. The number of ether oxygens (including phenoxy) is 1. The van der Waals surface area contributed by atoms with Crippen LogP contribution >= 0.6 is 0 Å². The van der Waals surface area contributed by atoms with Crippen LogP contribution in [0.5, 0.6) is 0 Å². The molecule has 4 heteroatoms. The highest BCUT2D eigenvalue weighted by molar-refractivity contribution is 5.83. The number of rotatable bonds is 4. The van der Waals surface area contributed by atoms with Crippen LogP contribution in [-0.2, 0) is 9.53 Å². The summed E-state index contributed by atoms with van der Waals surface area (Å²) in [6, 6.07) is 3.71. The van der Waals surface area contributed by atoms with E-state index >= 15 is 0 Å². The first-order chi connectivity index (χ1) is 7.26. The summed E-state index contributed by atoms with van der Waals surface area (Å²) in [5, 5.41) is 3.09. The number of methoxy groups -OCH3 is 1. The highest BCUT2D eigenvalue weighted by Gasteiger charge is 2.00. The molecule has 0 saturated carbocycles. The lowest BCUT2D eigenvalue weighted by atomic mass is 10.3. The second-order valence-electron chi connectivity index (χ2n) is 2.91. The van der Waals surface area contributed by atoms with Crippen LogP contribution in [0.3, 0.4) is 0 Å². The Morgan fingerprint density at radius 1 is 1.67 bits per heavy atom. The van der Waals surface area contributed by atoms with Crippen molar-refractivity contribution in [2.24, 2.45) is 0 Å². The molecule has 0 saturated heterocycles. The van der Waals surface area contributed by atoms with Gasteiger partial charge in [-0.15, -0.1) is 0 Å². The van der Waals surface area contributed by atoms with Crippen LogP contribution in [0.2, 0.25) is 0 Å². The summed E-state index contributed by atoms with van der Waals surface area (Å²) in [5.41, 5.74) is 1.66. The molecule has 15 heavy (non-hydrogen) atoms. The van der Waals surface area contributed by atoms with E-state index in [2.05, 4.69) is 15.0 Å². The Hall–Kier alpha value is -1.84. The van der Waals surface area contributed by atoms with Crippen LogP contribution in [0.25, 0.3) is 0 Å². The third kappa shape index (κ3) is 3.81. The highest BCUT2D eigenvalue weighted by atomic mass is 16.5. The maximum atomic E-state index is 11.0. The van der Waals surface area contributed by atoms with E-state index in [1.165, 1.54) is 13.2 Å². The number of carbonyl (C=O) groups is 1. The van der Waals surface area contributed by atoms with Crippen LogP contribution in [0.15, 0.2) is 36.3 Å². The Morgan fingerprint density at radius 3 is 3.00 bits per heavy atom. The van der Waals surface area contributed by atoms with E-state index in [1.54, 1.807) is 12.4 Å². The van der Waals surface area contributed by atoms with Gasteiger partial charge in [0.2, 0.25) is 0 Å². The molecule has 80 valence electrons. The molecule has 0 aromatic carbocycles.